The highest BCUT2D eigenvalue weighted by molar-refractivity contribution is 7.86. The van der Waals surface area contributed by atoms with Crippen molar-refractivity contribution >= 4 is 10.1 Å². The van der Waals surface area contributed by atoms with Crippen LogP contribution in [0.15, 0.2) is 0 Å². The summed E-state index contributed by atoms with van der Waals surface area (Å²) in [5, 5.41) is 8.32. The molecule has 0 saturated carbocycles. The van der Waals surface area contributed by atoms with Gasteiger partial charge in [0.05, 0.1) is 12.4 Å². The van der Waals surface area contributed by atoms with Gasteiger partial charge < -0.3 is 5.11 Å². The minimum atomic E-state index is -3.42. The van der Waals surface area contributed by atoms with Crippen molar-refractivity contribution < 1.29 is 17.7 Å². The molecule has 0 heterocycles. The van der Waals surface area contributed by atoms with Gasteiger partial charge in [0.2, 0.25) is 0 Å². The fourth-order valence-electron chi connectivity index (χ4n) is 0.439. The molecule has 0 bridgehead atoms. The van der Waals surface area contributed by atoms with Crippen molar-refractivity contribution in [2.24, 2.45) is 0 Å². The summed E-state index contributed by atoms with van der Waals surface area (Å²) in [5.41, 5.74) is 0. The predicted molar refractivity (Wildman–Crippen MR) is 36.8 cm³/mol. The molecule has 1 radical (unpaired) electrons. The normalized spacial score (nSPS) is 15.1. The Morgan fingerprint density at radius 1 is 1.70 bits per heavy atom. The predicted octanol–water partition coefficient (Wildman–Crippen LogP) is -0.452. The molecule has 0 saturated heterocycles. The Bertz CT molecular complexity index is 172. The van der Waals surface area contributed by atoms with E-state index in [0.717, 1.165) is 6.26 Å². The standard InChI is InChI=1S/C5H11O4S/c1-5(3-4-6)9-10(2,7)8/h5-6H,1,3-4H2,2H3. The van der Waals surface area contributed by atoms with E-state index in [9.17, 15) is 8.42 Å². The minimum Gasteiger partial charge on any atom is -0.396 e. The maximum absolute atomic E-state index is 10.4. The van der Waals surface area contributed by atoms with E-state index in [1.807, 2.05) is 0 Å². The zero-order valence-electron chi connectivity index (χ0n) is 5.78. The zero-order chi connectivity index (χ0) is 8.20. The highest BCUT2D eigenvalue weighted by atomic mass is 32.2. The van der Waals surface area contributed by atoms with Crippen molar-refractivity contribution in [3.8, 4) is 0 Å². The van der Waals surface area contributed by atoms with E-state index in [4.69, 9.17) is 5.11 Å². The second kappa shape index (κ2) is 3.90. The summed E-state index contributed by atoms with van der Waals surface area (Å²) >= 11 is 0. The molecule has 0 amide bonds. The first kappa shape index (κ1) is 9.87. The molecule has 10 heavy (non-hydrogen) atoms. The van der Waals surface area contributed by atoms with Crippen LogP contribution in [0, 0.1) is 6.92 Å². The average Bonchev–Trinajstić information content (AvgIpc) is 1.59. The van der Waals surface area contributed by atoms with Gasteiger partial charge in [0.25, 0.3) is 10.1 Å². The summed E-state index contributed by atoms with van der Waals surface area (Å²) < 4.78 is 25.1. The van der Waals surface area contributed by atoms with Gasteiger partial charge in [-0.15, -0.1) is 0 Å². The average molecular weight is 167 g/mol. The number of hydrogen-bond acceptors (Lipinski definition) is 4. The first-order valence-electron chi connectivity index (χ1n) is 2.78. The van der Waals surface area contributed by atoms with E-state index in [0.29, 0.717) is 0 Å². The summed E-state index contributed by atoms with van der Waals surface area (Å²) in [6.07, 6.45) is 0.496. The Balaban J connectivity index is 3.69. The van der Waals surface area contributed by atoms with Gasteiger partial charge in [-0.2, -0.15) is 8.42 Å². The highest BCUT2D eigenvalue weighted by Gasteiger charge is 2.08. The summed E-state index contributed by atoms with van der Waals surface area (Å²) in [4.78, 5) is 0. The molecule has 0 aliphatic rings. The van der Waals surface area contributed by atoms with Crippen molar-refractivity contribution in [2.75, 3.05) is 12.9 Å². The third-order valence-corrected chi connectivity index (χ3v) is 1.38. The first-order chi connectivity index (χ1) is 4.45. The Hall–Kier alpha value is -0.130. The molecule has 0 aromatic rings. The van der Waals surface area contributed by atoms with Crippen molar-refractivity contribution in [1.82, 2.24) is 0 Å². The number of aliphatic hydroxyl groups is 1. The van der Waals surface area contributed by atoms with Gasteiger partial charge in [-0.3, -0.25) is 4.18 Å². The molecule has 4 nitrogen and oxygen atoms in total. The van der Waals surface area contributed by atoms with Crippen molar-refractivity contribution in [3.05, 3.63) is 6.92 Å². The lowest BCUT2D eigenvalue weighted by Gasteiger charge is -2.07. The van der Waals surface area contributed by atoms with Gasteiger partial charge in [0.15, 0.2) is 0 Å². The lowest BCUT2D eigenvalue weighted by Crippen LogP contribution is -2.15. The van der Waals surface area contributed by atoms with Crippen LogP contribution in [0.4, 0.5) is 0 Å². The third-order valence-electron chi connectivity index (χ3n) is 0.762. The lowest BCUT2D eigenvalue weighted by atomic mass is 10.3. The van der Waals surface area contributed by atoms with Gasteiger partial charge in [-0.1, -0.05) is 0 Å². The molecule has 5 heteroatoms. The maximum atomic E-state index is 10.4. The lowest BCUT2D eigenvalue weighted by molar-refractivity contribution is 0.193. The Kier molecular flexibility index (Phi) is 3.85. The van der Waals surface area contributed by atoms with Crippen LogP contribution in [0.3, 0.4) is 0 Å². The SMILES string of the molecule is [CH2]C(CCO)OS(C)(=O)=O. The second-order valence-corrected chi connectivity index (χ2v) is 3.54. The van der Waals surface area contributed by atoms with Gasteiger partial charge in [0, 0.05) is 6.61 Å². The van der Waals surface area contributed by atoms with E-state index in [1.54, 1.807) is 0 Å². The number of aliphatic hydroxyl groups excluding tert-OH is 1. The maximum Gasteiger partial charge on any atom is 0.264 e. The van der Waals surface area contributed by atoms with Gasteiger partial charge >= 0.3 is 0 Å². The van der Waals surface area contributed by atoms with Crippen LogP contribution in [-0.2, 0) is 14.3 Å². The van der Waals surface area contributed by atoms with E-state index in [1.165, 1.54) is 0 Å². The molecule has 0 aliphatic heterocycles. The quantitative estimate of drug-likeness (QED) is 0.576. The van der Waals surface area contributed by atoms with Crippen LogP contribution in [0.2, 0.25) is 0 Å². The Morgan fingerprint density at radius 2 is 2.20 bits per heavy atom. The first-order valence-corrected chi connectivity index (χ1v) is 4.59. The van der Waals surface area contributed by atoms with Crippen LogP contribution in [0.25, 0.3) is 0 Å². The fraction of sp³-hybridized carbons (Fsp3) is 0.800. The van der Waals surface area contributed by atoms with Crippen LogP contribution >= 0.6 is 0 Å². The fourth-order valence-corrected chi connectivity index (χ4v) is 1.03. The Morgan fingerprint density at radius 3 is 2.50 bits per heavy atom. The van der Waals surface area contributed by atoms with Crippen molar-refractivity contribution in [3.63, 3.8) is 0 Å². The topological polar surface area (TPSA) is 63.6 Å². The van der Waals surface area contributed by atoms with Gasteiger partial charge in [-0.05, 0) is 13.3 Å². The highest BCUT2D eigenvalue weighted by Crippen LogP contribution is 1.99. The van der Waals surface area contributed by atoms with E-state index in [-0.39, 0.29) is 13.0 Å². The zero-order valence-corrected chi connectivity index (χ0v) is 6.60. The minimum absolute atomic E-state index is 0.121. The smallest absolute Gasteiger partial charge is 0.264 e. The van der Waals surface area contributed by atoms with Crippen molar-refractivity contribution in [1.29, 1.82) is 0 Å². The van der Waals surface area contributed by atoms with Crippen LogP contribution < -0.4 is 0 Å². The monoisotopic (exact) mass is 167 g/mol. The molecule has 0 aromatic heterocycles. The molecule has 61 valence electrons. The summed E-state index contributed by atoms with van der Waals surface area (Å²) in [5.74, 6) is 0. The van der Waals surface area contributed by atoms with E-state index < -0.39 is 16.2 Å². The molecule has 0 fully saturated rings. The molecule has 0 rings (SSSR count). The summed E-state index contributed by atoms with van der Waals surface area (Å²) in [7, 11) is -3.42. The molecule has 1 atom stereocenters. The number of hydrogen-bond donors (Lipinski definition) is 1. The van der Waals surface area contributed by atoms with E-state index >= 15 is 0 Å². The van der Waals surface area contributed by atoms with Crippen LogP contribution in [-0.4, -0.2) is 32.5 Å². The summed E-state index contributed by atoms with van der Waals surface area (Å²) in [6, 6.07) is 0. The van der Waals surface area contributed by atoms with E-state index in [2.05, 4.69) is 11.1 Å². The van der Waals surface area contributed by atoms with Gasteiger partial charge in [0.1, 0.15) is 0 Å². The Labute approximate surface area is 60.9 Å². The second-order valence-electron chi connectivity index (χ2n) is 1.93. The molecule has 0 spiro atoms. The largest absolute Gasteiger partial charge is 0.396 e. The third kappa shape index (κ3) is 6.00. The summed E-state index contributed by atoms with van der Waals surface area (Å²) in [6.45, 7) is 3.23. The van der Waals surface area contributed by atoms with Crippen LogP contribution in [0.1, 0.15) is 6.42 Å². The molecular weight excluding hydrogens is 156 g/mol. The number of rotatable bonds is 4. The van der Waals surface area contributed by atoms with Crippen molar-refractivity contribution in [2.45, 2.75) is 12.5 Å². The molecule has 0 aliphatic carbocycles. The van der Waals surface area contributed by atoms with Crippen LogP contribution in [0.5, 0.6) is 0 Å². The molecular formula is C5H11O4S. The van der Waals surface area contributed by atoms with Gasteiger partial charge in [-0.25, -0.2) is 0 Å². The molecule has 1 N–H and O–H groups in total. The molecule has 1 unspecified atom stereocenters. The molecule has 0 aromatic carbocycles.